The average molecular weight is 405 g/mol. The molecule has 1 aromatic carbocycles. The minimum absolute atomic E-state index is 0.0827. The minimum Gasteiger partial charge on any atom is -0.392 e. The van der Waals surface area contributed by atoms with Gasteiger partial charge in [0.1, 0.15) is 6.04 Å². The SMILES string of the molecule is CC(C)(C)NC(=O)[C@@H]1C[C@H](O)CN1S(=O)(=O)c1ccc(Br)cc1. The maximum absolute atomic E-state index is 12.8. The molecule has 1 aliphatic rings. The number of hydrogen-bond donors (Lipinski definition) is 2. The number of nitrogens with one attached hydrogen (secondary N) is 1. The van der Waals surface area contributed by atoms with Crippen LogP contribution >= 0.6 is 15.9 Å². The maximum Gasteiger partial charge on any atom is 0.243 e. The van der Waals surface area contributed by atoms with E-state index < -0.39 is 33.6 Å². The van der Waals surface area contributed by atoms with Gasteiger partial charge in [-0.25, -0.2) is 8.42 Å². The third kappa shape index (κ3) is 4.32. The van der Waals surface area contributed by atoms with Gasteiger partial charge in [0.2, 0.25) is 15.9 Å². The second kappa shape index (κ2) is 6.51. The molecule has 0 aliphatic carbocycles. The quantitative estimate of drug-likeness (QED) is 0.798. The fourth-order valence-electron chi connectivity index (χ4n) is 2.48. The number of amides is 1. The molecule has 2 rings (SSSR count). The molecule has 1 fully saturated rings. The lowest BCUT2D eigenvalue weighted by Gasteiger charge is -2.27. The number of β-amino-alcohol motifs (C(OH)–C–C–N with tert-alkyl or cyclic N) is 1. The molecular formula is C15H21BrN2O4S. The third-order valence-corrected chi connectivity index (χ3v) is 5.87. The van der Waals surface area contributed by atoms with Crippen LogP contribution in [0.25, 0.3) is 0 Å². The van der Waals surface area contributed by atoms with Gasteiger partial charge in [-0.15, -0.1) is 0 Å². The van der Waals surface area contributed by atoms with Crippen LogP contribution in [0.2, 0.25) is 0 Å². The Morgan fingerprint density at radius 2 is 1.87 bits per heavy atom. The van der Waals surface area contributed by atoms with Crippen molar-refractivity contribution >= 4 is 31.9 Å². The molecule has 1 aromatic rings. The Morgan fingerprint density at radius 1 is 1.30 bits per heavy atom. The van der Waals surface area contributed by atoms with Crippen molar-refractivity contribution in [3.05, 3.63) is 28.7 Å². The van der Waals surface area contributed by atoms with Gasteiger partial charge >= 0.3 is 0 Å². The summed E-state index contributed by atoms with van der Waals surface area (Å²) in [5, 5.41) is 12.7. The highest BCUT2D eigenvalue weighted by Gasteiger charge is 2.44. The van der Waals surface area contributed by atoms with Gasteiger partial charge in [0.05, 0.1) is 11.0 Å². The molecule has 1 amide bonds. The zero-order valence-electron chi connectivity index (χ0n) is 13.3. The normalized spacial score (nSPS) is 23.0. The maximum atomic E-state index is 12.8. The molecule has 1 saturated heterocycles. The molecule has 128 valence electrons. The number of halogens is 1. The summed E-state index contributed by atoms with van der Waals surface area (Å²) in [6, 6.07) is 5.30. The predicted molar refractivity (Wildman–Crippen MR) is 90.3 cm³/mol. The Hall–Kier alpha value is -0.960. The summed E-state index contributed by atoms with van der Waals surface area (Å²) in [5.41, 5.74) is -0.475. The highest BCUT2D eigenvalue weighted by Crippen LogP contribution is 2.27. The van der Waals surface area contributed by atoms with Crippen LogP contribution in [0.5, 0.6) is 0 Å². The van der Waals surface area contributed by atoms with Crippen LogP contribution in [-0.2, 0) is 14.8 Å². The van der Waals surface area contributed by atoms with Gasteiger partial charge in [-0.3, -0.25) is 4.79 Å². The van der Waals surface area contributed by atoms with Crippen LogP contribution in [0.1, 0.15) is 27.2 Å². The highest BCUT2D eigenvalue weighted by atomic mass is 79.9. The molecule has 0 saturated carbocycles. The number of aliphatic hydroxyl groups excluding tert-OH is 1. The number of nitrogens with zero attached hydrogens (tertiary/aromatic N) is 1. The van der Waals surface area contributed by atoms with E-state index in [1.54, 1.807) is 12.1 Å². The van der Waals surface area contributed by atoms with Crippen LogP contribution in [0, 0.1) is 0 Å². The Bertz CT molecular complexity index is 682. The van der Waals surface area contributed by atoms with Crippen LogP contribution in [0.3, 0.4) is 0 Å². The molecule has 8 heteroatoms. The molecule has 2 atom stereocenters. The fourth-order valence-corrected chi connectivity index (χ4v) is 4.38. The van der Waals surface area contributed by atoms with E-state index in [-0.39, 0.29) is 17.9 Å². The van der Waals surface area contributed by atoms with E-state index >= 15 is 0 Å². The first-order chi connectivity index (χ1) is 10.5. The van der Waals surface area contributed by atoms with Crippen LogP contribution in [-0.4, -0.2) is 48.0 Å². The Kier molecular flexibility index (Phi) is 5.20. The predicted octanol–water partition coefficient (Wildman–Crippen LogP) is 1.49. The fraction of sp³-hybridized carbons (Fsp3) is 0.533. The van der Waals surface area contributed by atoms with Gasteiger partial charge in [0.25, 0.3) is 0 Å². The molecule has 0 radical (unpaired) electrons. The summed E-state index contributed by atoms with van der Waals surface area (Å²) in [6.45, 7) is 5.39. The first-order valence-electron chi connectivity index (χ1n) is 7.28. The highest BCUT2D eigenvalue weighted by molar-refractivity contribution is 9.10. The van der Waals surface area contributed by atoms with E-state index in [9.17, 15) is 18.3 Å². The van der Waals surface area contributed by atoms with Crippen LogP contribution in [0.15, 0.2) is 33.6 Å². The Labute approximate surface area is 145 Å². The molecule has 0 spiro atoms. The third-order valence-electron chi connectivity index (χ3n) is 3.45. The average Bonchev–Trinajstić information content (AvgIpc) is 2.80. The first kappa shape index (κ1) is 18.4. The van der Waals surface area contributed by atoms with Crippen molar-refractivity contribution in [2.75, 3.05) is 6.54 Å². The minimum atomic E-state index is -3.85. The second-order valence-electron chi connectivity index (χ2n) is 6.67. The van der Waals surface area contributed by atoms with Crippen molar-refractivity contribution in [2.24, 2.45) is 0 Å². The number of carbonyl (C=O) groups excluding carboxylic acids is 1. The molecular weight excluding hydrogens is 384 g/mol. The van der Waals surface area contributed by atoms with Crippen molar-refractivity contribution in [3.8, 4) is 0 Å². The summed E-state index contributed by atoms with van der Waals surface area (Å²) in [6.07, 6.45) is -0.756. The lowest BCUT2D eigenvalue weighted by Crippen LogP contribution is -2.51. The molecule has 0 bridgehead atoms. The molecule has 1 heterocycles. The van der Waals surface area contributed by atoms with E-state index in [4.69, 9.17) is 0 Å². The van der Waals surface area contributed by atoms with E-state index in [0.29, 0.717) is 0 Å². The molecule has 23 heavy (non-hydrogen) atoms. The van der Waals surface area contributed by atoms with Crippen molar-refractivity contribution in [1.29, 1.82) is 0 Å². The van der Waals surface area contributed by atoms with Gasteiger partial charge in [0, 0.05) is 23.0 Å². The first-order valence-corrected chi connectivity index (χ1v) is 9.51. The molecule has 0 aromatic heterocycles. The van der Waals surface area contributed by atoms with Crippen molar-refractivity contribution in [2.45, 2.75) is 49.8 Å². The number of carbonyl (C=O) groups is 1. The number of benzene rings is 1. The van der Waals surface area contributed by atoms with Crippen LogP contribution < -0.4 is 5.32 Å². The van der Waals surface area contributed by atoms with E-state index in [2.05, 4.69) is 21.2 Å². The lowest BCUT2D eigenvalue weighted by atomic mass is 10.1. The largest absolute Gasteiger partial charge is 0.392 e. The van der Waals surface area contributed by atoms with E-state index in [1.165, 1.54) is 12.1 Å². The molecule has 6 nitrogen and oxygen atoms in total. The summed E-state index contributed by atoms with van der Waals surface area (Å²) < 4.78 is 27.4. The van der Waals surface area contributed by atoms with Crippen molar-refractivity contribution in [3.63, 3.8) is 0 Å². The zero-order chi connectivity index (χ0) is 17.4. The summed E-state index contributed by atoms with van der Waals surface area (Å²) >= 11 is 3.26. The summed E-state index contributed by atoms with van der Waals surface area (Å²) in [7, 11) is -3.85. The number of aliphatic hydroxyl groups is 1. The topological polar surface area (TPSA) is 86.7 Å². The van der Waals surface area contributed by atoms with Crippen LogP contribution in [0.4, 0.5) is 0 Å². The van der Waals surface area contributed by atoms with E-state index in [1.807, 2.05) is 20.8 Å². The number of rotatable bonds is 3. The standard InChI is InChI=1S/C15H21BrN2O4S/c1-15(2,3)17-14(20)13-8-11(19)9-18(13)23(21,22)12-6-4-10(16)5-7-12/h4-7,11,13,19H,8-9H2,1-3H3,(H,17,20)/t11-,13-/m0/s1. The Balaban J connectivity index is 2.31. The van der Waals surface area contributed by atoms with Gasteiger partial charge in [-0.1, -0.05) is 15.9 Å². The number of sulfonamides is 1. The van der Waals surface area contributed by atoms with Crippen molar-refractivity contribution < 1.29 is 18.3 Å². The van der Waals surface area contributed by atoms with Crippen molar-refractivity contribution in [1.82, 2.24) is 9.62 Å². The zero-order valence-corrected chi connectivity index (χ0v) is 15.7. The second-order valence-corrected chi connectivity index (χ2v) is 9.48. The summed E-state index contributed by atoms with van der Waals surface area (Å²) in [5.74, 6) is -0.394. The molecule has 1 aliphatic heterocycles. The Morgan fingerprint density at radius 3 is 2.39 bits per heavy atom. The molecule has 0 unspecified atom stereocenters. The van der Waals surface area contributed by atoms with Gasteiger partial charge < -0.3 is 10.4 Å². The van der Waals surface area contributed by atoms with Gasteiger partial charge in [-0.05, 0) is 45.0 Å². The lowest BCUT2D eigenvalue weighted by molar-refractivity contribution is -0.125. The van der Waals surface area contributed by atoms with Gasteiger partial charge in [0.15, 0.2) is 0 Å². The van der Waals surface area contributed by atoms with E-state index in [0.717, 1.165) is 8.78 Å². The smallest absolute Gasteiger partial charge is 0.243 e. The monoisotopic (exact) mass is 404 g/mol. The molecule has 2 N–H and O–H groups in total. The summed E-state index contributed by atoms with van der Waals surface area (Å²) in [4.78, 5) is 12.5. The van der Waals surface area contributed by atoms with Gasteiger partial charge in [-0.2, -0.15) is 4.31 Å². The number of hydrogen-bond acceptors (Lipinski definition) is 4.